The van der Waals surface area contributed by atoms with E-state index in [1.807, 2.05) is 0 Å². The molecular formula is C28H39F2N4O5S-. The van der Waals surface area contributed by atoms with Crippen LogP contribution in [0.5, 0.6) is 5.75 Å². The van der Waals surface area contributed by atoms with Crippen molar-refractivity contribution in [1.29, 1.82) is 0 Å². The molecule has 2 aromatic rings. The molecule has 1 saturated carbocycles. The summed E-state index contributed by atoms with van der Waals surface area (Å²) >= 11 is 0. The van der Waals surface area contributed by atoms with Gasteiger partial charge in [0.05, 0.1) is 5.25 Å². The Labute approximate surface area is 235 Å². The minimum absolute atomic E-state index is 0.0248. The first kappa shape index (κ1) is 31.5. The Morgan fingerprint density at radius 3 is 2.42 bits per heavy atom. The molecule has 12 heteroatoms. The first-order valence-electron chi connectivity index (χ1n) is 13.3. The highest BCUT2D eigenvalue weighted by molar-refractivity contribution is 7.93. The number of carbonyl (C=O) groups is 1. The number of halogens is 2. The maximum absolute atomic E-state index is 13.6. The Balaban J connectivity index is 1.86. The number of pyridine rings is 1. The van der Waals surface area contributed by atoms with Gasteiger partial charge in [0.1, 0.15) is 35.6 Å². The van der Waals surface area contributed by atoms with Crippen LogP contribution in [0, 0.1) is 36.3 Å². The highest BCUT2D eigenvalue weighted by Crippen LogP contribution is 2.37. The molecule has 1 aromatic heterocycles. The molecule has 0 saturated heterocycles. The third-order valence-corrected chi connectivity index (χ3v) is 9.18. The Morgan fingerprint density at radius 2 is 1.85 bits per heavy atom. The zero-order chi connectivity index (χ0) is 29.6. The van der Waals surface area contributed by atoms with Crippen LogP contribution < -0.4 is 19.7 Å². The lowest BCUT2D eigenvalue weighted by molar-refractivity contribution is 0.0892. The number of hydrogen-bond donors (Lipinski definition) is 2. The third kappa shape index (κ3) is 8.50. The molecule has 1 amide bonds. The Bertz CT molecular complexity index is 1260. The van der Waals surface area contributed by atoms with Crippen LogP contribution in [0.25, 0.3) is 0 Å². The maximum Gasteiger partial charge on any atom is 0.251 e. The molecule has 1 aliphatic rings. The molecule has 2 N–H and O–H groups in total. The van der Waals surface area contributed by atoms with Gasteiger partial charge in [-0.3, -0.25) is 9.10 Å². The molecule has 0 aliphatic heterocycles. The van der Waals surface area contributed by atoms with Crippen LogP contribution in [0.1, 0.15) is 44.0 Å². The number of aromatic nitrogens is 1. The minimum Gasteiger partial charge on any atom is -0.491 e. The number of nitrogens with zero attached hydrogens (tertiary/aromatic N) is 2. The fourth-order valence-electron chi connectivity index (χ4n) is 4.08. The number of amides is 1. The number of hydrogen-bond acceptors (Lipinski definition) is 7. The normalized spacial score (nSPS) is 18.2. The van der Waals surface area contributed by atoms with Crippen LogP contribution in [0.2, 0.25) is 0 Å². The van der Waals surface area contributed by atoms with Gasteiger partial charge in [0.25, 0.3) is 5.91 Å². The van der Waals surface area contributed by atoms with E-state index in [2.05, 4.69) is 29.5 Å². The fraction of sp³-hybridized carbons (Fsp3) is 0.536. The number of sulfonamides is 1. The van der Waals surface area contributed by atoms with Gasteiger partial charge in [-0.05, 0) is 44.2 Å². The topological polar surface area (TPSA) is 110 Å². The fourth-order valence-corrected chi connectivity index (χ4v) is 5.07. The van der Waals surface area contributed by atoms with Gasteiger partial charge < -0.3 is 27.0 Å². The van der Waals surface area contributed by atoms with Crippen molar-refractivity contribution < 1.29 is 31.5 Å². The summed E-state index contributed by atoms with van der Waals surface area (Å²) in [5.74, 6) is -0.921. The Hall–Kier alpha value is -2.99. The van der Waals surface area contributed by atoms with Crippen molar-refractivity contribution in [3.63, 3.8) is 0 Å². The summed E-state index contributed by atoms with van der Waals surface area (Å²) in [5, 5.41) is 5.43. The molecular weight excluding hydrogens is 542 g/mol. The monoisotopic (exact) mass is 581 g/mol. The van der Waals surface area contributed by atoms with Gasteiger partial charge in [0.2, 0.25) is 10.0 Å². The summed E-state index contributed by atoms with van der Waals surface area (Å²) in [5.41, 5.74) is 0.183. The van der Waals surface area contributed by atoms with Crippen LogP contribution in [0.3, 0.4) is 0 Å². The lowest BCUT2D eigenvalue weighted by Gasteiger charge is -2.30. The zero-order valence-electron chi connectivity index (χ0n) is 23.6. The Kier molecular flexibility index (Phi) is 10.7. The van der Waals surface area contributed by atoms with Crippen LogP contribution in [-0.2, 0) is 14.8 Å². The van der Waals surface area contributed by atoms with E-state index >= 15 is 0 Å². The molecule has 9 nitrogen and oxygen atoms in total. The number of anilines is 2. The SMILES string of the molecule is [CH2-]C(CCOC)C(COc1cc(F)cc(F)c1)NC(=O)c1cc(NCC2CC2C)nc(N(C)S(=O)(=O)C(C)C)c1. The second-order valence-electron chi connectivity index (χ2n) is 10.6. The van der Waals surface area contributed by atoms with Crippen LogP contribution in [0.4, 0.5) is 20.4 Å². The lowest BCUT2D eigenvalue weighted by Crippen LogP contribution is -2.44. The number of methoxy groups -OCH3 is 1. The average molecular weight is 582 g/mol. The van der Waals surface area contributed by atoms with E-state index in [0.717, 1.165) is 28.9 Å². The predicted octanol–water partition coefficient (Wildman–Crippen LogP) is 4.27. The quantitative estimate of drug-likeness (QED) is 0.303. The van der Waals surface area contributed by atoms with Crippen molar-refractivity contribution in [3.8, 4) is 5.75 Å². The molecule has 40 heavy (non-hydrogen) atoms. The van der Waals surface area contributed by atoms with Crippen molar-refractivity contribution >= 4 is 27.6 Å². The highest BCUT2D eigenvalue weighted by Gasteiger charge is 2.32. The van der Waals surface area contributed by atoms with Crippen molar-refractivity contribution in [2.24, 2.45) is 17.8 Å². The number of rotatable bonds is 15. The third-order valence-electron chi connectivity index (χ3n) is 7.04. The van der Waals surface area contributed by atoms with Crippen LogP contribution in [-0.4, -0.2) is 64.5 Å². The standard InChI is InChI=1S/C28H39F2N4O5S/c1-17(2)40(36,37)34(5)27-11-20(10-26(33-27)31-15-21-9-19(21)4)28(35)32-25(18(3)7-8-38-6)16-39-24-13-22(29)12-23(30)14-24/h10-14,17-19,21,25H,3,7-9,15-16H2,1-2,4-6H3,(H,31,33)(H,32,35)/q-1. The summed E-state index contributed by atoms with van der Waals surface area (Å²) < 4.78 is 64.8. The number of carbonyl (C=O) groups excluding carboxylic acids is 1. The number of benzene rings is 1. The molecule has 1 fully saturated rings. The summed E-state index contributed by atoms with van der Waals surface area (Å²) in [6.45, 7) is 10.3. The van der Waals surface area contributed by atoms with E-state index in [1.165, 1.54) is 13.1 Å². The summed E-state index contributed by atoms with van der Waals surface area (Å²) in [7, 11) is -0.758. The van der Waals surface area contributed by atoms with E-state index in [9.17, 15) is 22.0 Å². The van der Waals surface area contributed by atoms with Gasteiger partial charge in [-0.1, -0.05) is 13.3 Å². The van der Waals surface area contributed by atoms with Gasteiger partial charge in [-0.15, -0.1) is 5.92 Å². The van der Waals surface area contributed by atoms with Gasteiger partial charge in [-0.2, -0.15) is 0 Å². The van der Waals surface area contributed by atoms with Gasteiger partial charge in [0.15, 0.2) is 0 Å². The number of nitrogens with one attached hydrogen (secondary N) is 2. The summed E-state index contributed by atoms with van der Waals surface area (Å²) in [4.78, 5) is 18.0. The van der Waals surface area contributed by atoms with E-state index < -0.39 is 38.9 Å². The predicted molar refractivity (Wildman–Crippen MR) is 151 cm³/mol. The van der Waals surface area contributed by atoms with Crippen molar-refractivity contribution in [2.45, 2.75) is 44.9 Å². The lowest BCUT2D eigenvalue weighted by atomic mass is 9.98. The molecule has 4 atom stereocenters. The van der Waals surface area contributed by atoms with Gasteiger partial charge in [-0.25, -0.2) is 22.2 Å². The van der Waals surface area contributed by atoms with E-state index in [4.69, 9.17) is 9.47 Å². The van der Waals surface area contributed by atoms with E-state index in [0.29, 0.717) is 37.2 Å². The molecule has 1 aliphatic carbocycles. The molecule has 0 radical (unpaired) electrons. The number of ether oxygens (including phenoxy) is 2. The zero-order valence-corrected chi connectivity index (χ0v) is 24.4. The van der Waals surface area contributed by atoms with E-state index in [1.54, 1.807) is 27.0 Å². The molecule has 0 bridgehead atoms. The second-order valence-corrected chi connectivity index (χ2v) is 13.1. The highest BCUT2D eigenvalue weighted by atomic mass is 32.2. The van der Waals surface area contributed by atoms with E-state index in [-0.39, 0.29) is 29.7 Å². The van der Waals surface area contributed by atoms with Crippen LogP contribution >= 0.6 is 0 Å². The molecule has 3 rings (SSSR count). The van der Waals surface area contributed by atoms with Crippen molar-refractivity contribution in [2.75, 3.05) is 43.5 Å². The smallest absolute Gasteiger partial charge is 0.251 e. The molecule has 0 spiro atoms. The molecule has 1 heterocycles. The maximum atomic E-state index is 13.6. The summed E-state index contributed by atoms with van der Waals surface area (Å²) in [6.07, 6.45) is 1.57. The van der Waals surface area contributed by atoms with Crippen molar-refractivity contribution in [3.05, 3.63) is 54.5 Å². The largest absolute Gasteiger partial charge is 0.491 e. The Morgan fingerprint density at radius 1 is 1.20 bits per heavy atom. The van der Waals surface area contributed by atoms with Gasteiger partial charge in [0, 0.05) is 57.1 Å². The summed E-state index contributed by atoms with van der Waals surface area (Å²) in [6, 6.07) is 5.15. The molecule has 1 aromatic carbocycles. The molecule has 222 valence electrons. The minimum atomic E-state index is -3.70. The second kappa shape index (κ2) is 13.6. The average Bonchev–Trinajstić information content (AvgIpc) is 3.61. The molecule has 4 unspecified atom stereocenters. The van der Waals surface area contributed by atoms with Crippen LogP contribution in [0.15, 0.2) is 30.3 Å². The first-order valence-corrected chi connectivity index (χ1v) is 14.8. The van der Waals surface area contributed by atoms with Crippen molar-refractivity contribution in [1.82, 2.24) is 10.3 Å². The first-order chi connectivity index (χ1) is 18.8. The van der Waals surface area contributed by atoms with Gasteiger partial charge >= 0.3 is 0 Å².